The number of fused-ring (bicyclic) bond motifs is 9. The summed E-state index contributed by atoms with van der Waals surface area (Å²) >= 11 is 0. The van der Waals surface area contributed by atoms with Gasteiger partial charge in [-0.25, -0.2) is 15.0 Å². The highest BCUT2D eigenvalue weighted by molar-refractivity contribution is 6.17. The molecule has 8 aromatic carbocycles. The molecule has 0 amide bonds. The summed E-state index contributed by atoms with van der Waals surface area (Å²) in [6, 6.07) is 62.6. The van der Waals surface area contributed by atoms with Crippen molar-refractivity contribution in [2.75, 3.05) is 0 Å². The number of hydrogen-bond donors (Lipinski definition) is 0. The van der Waals surface area contributed by atoms with Gasteiger partial charge in [0.15, 0.2) is 23.1 Å². The molecule has 0 radical (unpaired) electrons. The predicted molar refractivity (Wildman–Crippen MR) is 230 cm³/mol. The summed E-state index contributed by atoms with van der Waals surface area (Å²) in [6.07, 6.45) is 0. The van der Waals surface area contributed by atoms with E-state index in [2.05, 4.69) is 114 Å². The average molecular weight is 731 g/mol. The van der Waals surface area contributed by atoms with E-state index in [1.165, 1.54) is 10.8 Å². The Morgan fingerprint density at radius 1 is 0.351 bits per heavy atom. The zero-order chi connectivity index (χ0) is 37.5. The van der Waals surface area contributed by atoms with E-state index in [1.54, 1.807) is 0 Å². The maximum Gasteiger partial charge on any atom is 0.167 e. The van der Waals surface area contributed by atoms with Crippen molar-refractivity contribution in [1.82, 2.24) is 19.5 Å². The molecule has 4 aromatic heterocycles. The summed E-state index contributed by atoms with van der Waals surface area (Å²) in [5.41, 5.74) is 11.0. The Morgan fingerprint density at radius 2 is 0.895 bits per heavy atom. The number of furan rings is 2. The Balaban J connectivity index is 1.17. The maximum absolute atomic E-state index is 6.97. The van der Waals surface area contributed by atoms with Crippen LogP contribution in [0.1, 0.15) is 0 Å². The molecule has 0 aliphatic carbocycles. The SMILES string of the molecule is c1ccc(-c2cc(-n3c4ccccc4c4ccccc43)c3oc4cccc(-c5nc(-c6ccccc6)nc(-c6cccc7c6oc6ccccc67)n5)c4c3c2)cc1. The van der Waals surface area contributed by atoms with Crippen LogP contribution in [0.25, 0.3) is 117 Å². The molecule has 6 heteroatoms. The maximum atomic E-state index is 6.97. The van der Waals surface area contributed by atoms with Crippen molar-refractivity contribution in [3.63, 3.8) is 0 Å². The summed E-state index contributed by atoms with van der Waals surface area (Å²) in [4.78, 5) is 15.6. The van der Waals surface area contributed by atoms with Crippen LogP contribution in [0.4, 0.5) is 0 Å². The van der Waals surface area contributed by atoms with Crippen molar-refractivity contribution < 1.29 is 8.83 Å². The van der Waals surface area contributed by atoms with Crippen molar-refractivity contribution in [2.45, 2.75) is 0 Å². The van der Waals surface area contributed by atoms with Gasteiger partial charge in [0.05, 0.1) is 22.3 Å². The van der Waals surface area contributed by atoms with Gasteiger partial charge in [0.25, 0.3) is 0 Å². The molecular formula is C51H30N4O2. The van der Waals surface area contributed by atoms with Crippen LogP contribution in [-0.4, -0.2) is 19.5 Å². The zero-order valence-electron chi connectivity index (χ0n) is 30.4. The van der Waals surface area contributed by atoms with E-state index in [4.69, 9.17) is 23.8 Å². The first-order valence-electron chi connectivity index (χ1n) is 19.0. The standard InChI is InChI=1S/C51H30N4O2/c1-3-15-31(16-4-1)33-29-40-46-38(23-14-28-45(46)57-48(40)43(30-33)55-41-25-10-7-19-34(41)35-20-8-11-26-42(35)55)50-52-49(32-17-5-2-6-18-32)53-51(54-50)39-24-13-22-37-36-21-9-12-27-44(36)56-47(37)39/h1-30H. The number of hydrogen-bond acceptors (Lipinski definition) is 5. The molecule has 4 heterocycles. The van der Waals surface area contributed by atoms with Crippen LogP contribution in [0.5, 0.6) is 0 Å². The largest absolute Gasteiger partial charge is 0.455 e. The van der Waals surface area contributed by atoms with E-state index >= 15 is 0 Å². The Kier molecular flexibility index (Phi) is 6.83. The molecule has 266 valence electrons. The topological polar surface area (TPSA) is 69.9 Å². The van der Waals surface area contributed by atoms with Crippen molar-refractivity contribution in [3.05, 3.63) is 182 Å². The summed E-state index contributed by atoms with van der Waals surface area (Å²) < 4.78 is 15.8. The molecule has 0 atom stereocenters. The van der Waals surface area contributed by atoms with E-state index in [-0.39, 0.29) is 0 Å². The van der Waals surface area contributed by atoms with Gasteiger partial charge in [-0.2, -0.15) is 0 Å². The fraction of sp³-hybridized carbons (Fsp3) is 0. The van der Waals surface area contributed by atoms with Gasteiger partial charge in [0.1, 0.15) is 16.7 Å². The van der Waals surface area contributed by atoms with Crippen LogP contribution in [0.2, 0.25) is 0 Å². The molecule has 0 saturated carbocycles. The third-order valence-electron chi connectivity index (χ3n) is 11.1. The lowest BCUT2D eigenvalue weighted by Gasteiger charge is -2.12. The van der Waals surface area contributed by atoms with Crippen LogP contribution in [0, 0.1) is 0 Å². The number of rotatable bonds is 5. The quantitative estimate of drug-likeness (QED) is 0.176. The van der Waals surface area contributed by atoms with Crippen LogP contribution < -0.4 is 0 Å². The van der Waals surface area contributed by atoms with Crippen molar-refractivity contribution in [2.24, 2.45) is 0 Å². The first-order valence-corrected chi connectivity index (χ1v) is 19.0. The highest BCUT2D eigenvalue weighted by Gasteiger charge is 2.23. The molecule has 0 spiro atoms. The lowest BCUT2D eigenvalue weighted by atomic mass is 9.99. The molecule has 0 saturated heterocycles. The minimum atomic E-state index is 0.532. The van der Waals surface area contributed by atoms with E-state index < -0.39 is 0 Å². The Hall–Kier alpha value is -7.83. The van der Waals surface area contributed by atoms with Gasteiger partial charge in [-0.15, -0.1) is 0 Å². The van der Waals surface area contributed by atoms with Gasteiger partial charge in [-0.1, -0.05) is 140 Å². The number of nitrogens with zero attached hydrogens (tertiary/aromatic N) is 4. The van der Waals surface area contributed by atoms with Gasteiger partial charge in [0.2, 0.25) is 0 Å². The van der Waals surface area contributed by atoms with Gasteiger partial charge in [0, 0.05) is 43.4 Å². The van der Waals surface area contributed by atoms with Crippen LogP contribution in [0.3, 0.4) is 0 Å². The van der Waals surface area contributed by atoms with E-state index in [0.717, 1.165) is 88.4 Å². The first-order chi connectivity index (χ1) is 28.3. The lowest BCUT2D eigenvalue weighted by Crippen LogP contribution is -2.00. The molecule has 57 heavy (non-hydrogen) atoms. The molecule has 0 aliphatic rings. The van der Waals surface area contributed by atoms with Crippen molar-refractivity contribution >= 4 is 65.7 Å². The van der Waals surface area contributed by atoms with Gasteiger partial charge < -0.3 is 13.4 Å². The van der Waals surface area contributed by atoms with Gasteiger partial charge >= 0.3 is 0 Å². The minimum Gasteiger partial charge on any atom is -0.455 e. The summed E-state index contributed by atoms with van der Waals surface area (Å²) in [7, 11) is 0. The highest BCUT2D eigenvalue weighted by atomic mass is 16.3. The average Bonchev–Trinajstić information content (AvgIpc) is 3.96. The summed E-state index contributed by atoms with van der Waals surface area (Å²) in [5.74, 6) is 1.65. The second kappa shape index (κ2) is 12.3. The molecule has 0 aliphatic heterocycles. The second-order valence-electron chi connectivity index (χ2n) is 14.3. The van der Waals surface area contributed by atoms with E-state index in [0.29, 0.717) is 17.5 Å². The monoisotopic (exact) mass is 730 g/mol. The Morgan fingerprint density at radius 3 is 1.65 bits per heavy atom. The zero-order valence-corrected chi connectivity index (χ0v) is 30.4. The van der Waals surface area contributed by atoms with Crippen LogP contribution in [0.15, 0.2) is 191 Å². The summed E-state index contributed by atoms with van der Waals surface area (Å²) in [5, 5.41) is 6.35. The van der Waals surface area contributed by atoms with Crippen LogP contribution in [-0.2, 0) is 0 Å². The molecule has 0 fully saturated rings. The lowest BCUT2D eigenvalue weighted by molar-refractivity contribution is 0.666. The van der Waals surface area contributed by atoms with Crippen molar-refractivity contribution in [1.29, 1.82) is 0 Å². The van der Waals surface area contributed by atoms with E-state index in [9.17, 15) is 0 Å². The first kappa shape index (κ1) is 31.5. The number of benzene rings is 8. The molecule has 0 bridgehead atoms. The molecule has 12 rings (SSSR count). The molecular weight excluding hydrogens is 701 g/mol. The third-order valence-corrected chi connectivity index (χ3v) is 11.1. The minimum absolute atomic E-state index is 0.532. The normalized spacial score (nSPS) is 11.9. The predicted octanol–water partition coefficient (Wildman–Crippen LogP) is 13.4. The number of para-hydroxylation sites is 4. The fourth-order valence-electron chi connectivity index (χ4n) is 8.50. The highest BCUT2D eigenvalue weighted by Crippen LogP contribution is 2.44. The van der Waals surface area contributed by atoms with Crippen molar-refractivity contribution in [3.8, 4) is 51.0 Å². The van der Waals surface area contributed by atoms with Gasteiger partial charge in [-0.3, -0.25) is 0 Å². The third kappa shape index (κ3) is 4.87. The fourth-order valence-corrected chi connectivity index (χ4v) is 8.50. The van der Waals surface area contributed by atoms with E-state index in [1.807, 2.05) is 72.8 Å². The number of aromatic nitrogens is 4. The Bertz CT molecular complexity index is 3470. The smallest absolute Gasteiger partial charge is 0.167 e. The molecule has 0 unspecified atom stereocenters. The molecule has 12 aromatic rings. The molecule has 0 N–H and O–H groups in total. The van der Waals surface area contributed by atoms with Crippen LogP contribution >= 0.6 is 0 Å². The Labute approximate surface area is 325 Å². The van der Waals surface area contributed by atoms with Gasteiger partial charge in [-0.05, 0) is 53.6 Å². The molecule has 6 nitrogen and oxygen atoms in total. The second-order valence-corrected chi connectivity index (χ2v) is 14.3. The summed E-state index contributed by atoms with van der Waals surface area (Å²) in [6.45, 7) is 0.